The highest BCUT2D eigenvalue weighted by Crippen LogP contribution is 2.11. The third kappa shape index (κ3) is 2.41. The van der Waals surface area contributed by atoms with Crippen LogP contribution in [0.3, 0.4) is 0 Å². The van der Waals surface area contributed by atoms with E-state index in [1.807, 2.05) is 0 Å². The Morgan fingerprint density at radius 2 is 2.08 bits per heavy atom. The van der Waals surface area contributed by atoms with Crippen LogP contribution in [0.1, 0.15) is 0 Å². The van der Waals surface area contributed by atoms with Gasteiger partial charge in [-0.1, -0.05) is 0 Å². The minimum absolute atomic E-state index is 0.0336. The number of aliphatic hydroxyl groups is 2. The van der Waals surface area contributed by atoms with Gasteiger partial charge in [-0.25, -0.2) is 8.42 Å². The lowest BCUT2D eigenvalue weighted by Gasteiger charge is -2.12. The minimum Gasteiger partial charge on any atom is -0.395 e. The second-order valence-electron chi connectivity index (χ2n) is 2.93. The second kappa shape index (κ2) is 3.69. The number of hydrogen-bond acceptors (Lipinski definition) is 5. The molecule has 0 aromatic rings. The molecule has 6 heteroatoms. The van der Waals surface area contributed by atoms with Gasteiger partial charge in [-0.2, -0.15) is 0 Å². The van der Waals surface area contributed by atoms with Crippen molar-refractivity contribution in [3.63, 3.8) is 0 Å². The van der Waals surface area contributed by atoms with E-state index in [-0.39, 0.29) is 18.1 Å². The van der Waals surface area contributed by atoms with Crippen LogP contribution in [0.4, 0.5) is 0 Å². The van der Waals surface area contributed by atoms with Gasteiger partial charge < -0.3 is 15.5 Å². The Bertz CT molecular complexity index is 238. The van der Waals surface area contributed by atoms with Crippen molar-refractivity contribution in [2.75, 3.05) is 24.7 Å². The number of rotatable bonds is 3. The molecule has 2 unspecified atom stereocenters. The lowest BCUT2D eigenvalue weighted by molar-refractivity contribution is 0.161. The zero-order chi connectivity index (χ0) is 9.19. The van der Waals surface area contributed by atoms with Gasteiger partial charge >= 0.3 is 0 Å². The summed E-state index contributed by atoms with van der Waals surface area (Å²) in [6, 6.07) is -0.415. The van der Waals surface area contributed by atoms with E-state index < -0.39 is 22.0 Å². The van der Waals surface area contributed by atoms with Crippen molar-refractivity contribution in [1.29, 1.82) is 0 Å². The van der Waals surface area contributed by atoms with Crippen molar-refractivity contribution in [3.05, 3.63) is 0 Å². The first-order chi connectivity index (χ1) is 5.55. The van der Waals surface area contributed by atoms with Crippen LogP contribution in [0.5, 0.6) is 0 Å². The van der Waals surface area contributed by atoms with E-state index in [2.05, 4.69) is 5.32 Å². The van der Waals surface area contributed by atoms with Crippen molar-refractivity contribution in [2.24, 2.45) is 0 Å². The SMILES string of the molecule is O=S1(=O)CC(O)C(NCCO)C1. The Hall–Kier alpha value is -0.170. The molecule has 3 N–H and O–H groups in total. The standard InChI is InChI=1S/C6H13NO4S/c8-2-1-7-5-3-12(10,11)4-6(5)9/h5-9H,1-4H2. The summed E-state index contributed by atoms with van der Waals surface area (Å²) in [7, 11) is -3.07. The highest BCUT2D eigenvalue weighted by molar-refractivity contribution is 7.91. The van der Waals surface area contributed by atoms with E-state index in [9.17, 15) is 13.5 Å². The fourth-order valence-corrected chi connectivity index (χ4v) is 3.05. The van der Waals surface area contributed by atoms with Gasteiger partial charge in [0.25, 0.3) is 0 Å². The van der Waals surface area contributed by atoms with E-state index in [0.717, 1.165) is 0 Å². The average molecular weight is 195 g/mol. The summed E-state index contributed by atoms with van der Waals surface area (Å²) in [5, 5.41) is 20.4. The van der Waals surface area contributed by atoms with E-state index in [0.29, 0.717) is 6.54 Å². The molecule has 0 saturated carbocycles. The average Bonchev–Trinajstić information content (AvgIpc) is 2.20. The monoisotopic (exact) mass is 195 g/mol. The van der Waals surface area contributed by atoms with Crippen molar-refractivity contribution in [1.82, 2.24) is 5.32 Å². The van der Waals surface area contributed by atoms with Gasteiger partial charge in [0.2, 0.25) is 0 Å². The van der Waals surface area contributed by atoms with Gasteiger partial charge in [-0.3, -0.25) is 0 Å². The summed E-state index contributed by atoms with van der Waals surface area (Å²) < 4.78 is 21.9. The molecule has 0 aliphatic carbocycles. The summed E-state index contributed by atoms with van der Waals surface area (Å²) in [5.41, 5.74) is 0. The van der Waals surface area contributed by atoms with Gasteiger partial charge in [0, 0.05) is 12.6 Å². The van der Waals surface area contributed by atoms with Crippen molar-refractivity contribution in [2.45, 2.75) is 12.1 Å². The lowest BCUT2D eigenvalue weighted by atomic mass is 10.2. The molecule has 1 fully saturated rings. The van der Waals surface area contributed by atoms with Crippen LogP contribution >= 0.6 is 0 Å². The highest BCUT2D eigenvalue weighted by atomic mass is 32.2. The first kappa shape index (κ1) is 9.91. The van der Waals surface area contributed by atoms with E-state index in [4.69, 9.17) is 5.11 Å². The van der Waals surface area contributed by atoms with E-state index >= 15 is 0 Å². The number of nitrogens with one attached hydrogen (secondary N) is 1. The lowest BCUT2D eigenvalue weighted by Crippen LogP contribution is -2.40. The van der Waals surface area contributed by atoms with E-state index in [1.54, 1.807) is 0 Å². The molecule has 1 rings (SSSR count). The first-order valence-electron chi connectivity index (χ1n) is 3.78. The summed E-state index contributed by atoms with van der Waals surface area (Å²) in [6.45, 7) is 0.264. The van der Waals surface area contributed by atoms with Crippen LogP contribution in [0.25, 0.3) is 0 Å². The van der Waals surface area contributed by atoms with Crippen molar-refractivity contribution >= 4 is 9.84 Å². The van der Waals surface area contributed by atoms with Gasteiger partial charge in [0.1, 0.15) is 0 Å². The van der Waals surface area contributed by atoms with Crippen molar-refractivity contribution < 1.29 is 18.6 Å². The van der Waals surface area contributed by atoms with Crippen LogP contribution in [-0.4, -0.2) is 55.4 Å². The fraction of sp³-hybridized carbons (Fsp3) is 1.00. The Kier molecular flexibility index (Phi) is 3.05. The topological polar surface area (TPSA) is 86.6 Å². The Labute approximate surface area is 71.3 Å². The highest BCUT2D eigenvalue weighted by Gasteiger charge is 2.35. The van der Waals surface area contributed by atoms with Crippen LogP contribution in [0.15, 0.2) is 0 Å². The third-order valence-corrected chi connectivity index (χ3v) is 3.56. The summed E-state index contributed by atoms with van der Waals surface area (Å²) in [5.74, 6) is -0.204. The van der Waals surface area contributed by atoms with Crippen LogP contribution in [0.2, 0.25) is 0 Å². The Balaban J connectivity index is 2.47. The molecule has 72 valence electrons. The maximum atomic E-state index is 11.0. The predicted octanol–water partition coefficient (Wildman–Crippen LogP) is -2.27. The molecule has 1 aliphatic heterocycles. The summed E-state index contributed by atoms with van der Waals surface area (Å²) in [4.78, 5) is 0. The Morgan fingerprint density at radius 1 is 1.42 bits per heavy atom. The molecular weight excluding hydrogens is 182 g/mol. The van der Waals surface area contributed by atoms with Crippen LogP contribution in [0, 0.1) is 0 Å². The number of sulfone groups is 1. The quantitative estimate of drug-likeness (QED) is 0.472. The van der Waals surface area contributed by atoms with Gasteiger partial charge in [-0.15, -0.1) is 0 Å². The van der Waals surface area contributed by atoms with Crippen LogP contribution < -0.4 is 5.32 Å². The largest absolute Gasteiger partial charge is 0.395 e. The molecule has 0 aromatic carbocycles. The molecule has 5 nitrogen and oxygen atoms in total. The molecule has 12 heavy (non-hydrogen) atoms. The Morgan fingerprint density at radius 3 is 2.50 bits per heavy atom. The van der Waals surface area contributed by atoms with Gasteiger partial charge in [0.05, 0.1) is 24.2 Å². The fourth-order valence-electron chi connectivity index (χ4n) is 1.27. The zero-order valence-electron chi connectivity index (χ0n) is 6.60. The van der Waals surface area contributed by atoms with Gasteiger partial charge in [0.15, 0.2) is 9.84 Å². The smallest absolute Gasteiger partial charge is 0.154 e. The maximum Gasteiger partial charge on any atom is 0.154 e. The molecule has 2 atom stereocenters. The summed E-state index contributed by atoms with van der Waals surface area (Å²) in [6.07, 6.45) is -0.832. The number of aliphatic hydroxyl groups excluding tert-OH is 2. The zero-order valence-corrected chi connectivity index (χ0v) is 7.42. The second-order valence-corrected chi connectivity index (χ2v) is 5.08. The molecule has 0 aromatic heterocycles. The van der Waals surface area contributed by atoms with Crippen molar-refractivity contribution in [3.8, 4) is 0 Å². The van der Waals surface area contributed by atoms with Gasteiger partial charge in [-0.05, 0) is 0 Å². The minimum atomic E-state index is -3.07. The molecule has 1 aliphatic rings. The maximum absolute atomic E-state index is 11.0. The molecule has 0 amide bonds. The molecule has 1 heterocycles. The normalized spacial score (nSPS) is 33.8. The molecule has 1 saturated heterocycles. The predicted molar refractivity (Wildman–Crippen MR) is 43.5 cm³/mol. The molecular formula is C6H13NO4S. The third-order valence-electron chi connectivity index (χ3n) is 1.84. The van der Waals surface area contributed by atoms with E-state index in [1.165, 1.54) is 0 Å². The molecule has 0 radical (unpaired) electrons. The summed E-state index contributed by atoms with van der Waals surface area (Å²) >= 11 is 0. The molecule has 0 spiro atoms. The van der Waals surface area contributed by atoms with Crippen LogP contribution in [-0.2, 0) is 9.84 Å². The number of hydrogen-bond donors (Lipinski definition) is 3. The first-order valence-corrected chi connectivity index (χ1v) is 5.60. The molecule has 0 bridgehead atoms.